The molecule has 1 aliphatic carbocycles. The maximum Gasteiger partial charge on any atom is -0.0623 e. The van der Waals surface area contributed by atoms with E-state index in [4.69, 9.17) is 0 Å². The summed E-state index contributed by atoms with van der Waals surface area (Å²) in [5.74, 6) is 0.560. The van der Waals surface area contributed by atoms with Crippen LogP contribution in [0.3, 0.4) is 0 Å². The molecule has 0 spiro atoms. The van der Waals surface area contributed by atoms with E-state index >= 15 is 0 Å². The standard InChI is InChI=1S/C15H11.C9H13.2C6H5.Ge.Zr/c1-2-6-12(7-3-1)15-11-10-13-8-4-5-9-14(13)15;1-6-5-7(2)9(4)8(6)3;2*1-2-4-6-5-3-1;;/h1-11H;6H,1-4H3;2*1-5H;;/q4*-1;;. The van der Waals surface area contributed by atoms with Gasteiger partial charge in [-0.25, -0.2) is 5.57 Å². The first-order valence-electron chi connectivity index (χ1n) is 12.6. The first-order chi connectivity index (χ1) is 18.6. The Bertz CT molecular complexity index is 1280. The largest absolute Gasteiger partial charge is 0.184 e. The van der Waals surface area contributed by atoms with Gasteiger partial charge in [0.25, 0.3) is 0 Å². The summed E-state index contributed by atoms with van der Waals surface area (Å²) in [5, 5.41) is 2.65. The van der Waals surface area contributed by atoms with Crippen molar-refractivity contribution in [3.63, 3.8) is 0 Å². The van der Waals surface area contributed by atoms with E-state index in [2.05, 4.69) is 125 Å². The maximum atomic E-state index is 3.36. The summed E-state index contributed by atoms with van der Waals surface area (Å²) >= 11 is 3.64. The molecular weight excluding hydrogens is 596 g/mol. The van der Waals surface area contributed by atoms with Gasteiger partial charge in [0.15, 0.2) is 0 Å². The summed E-state index contributed by atoms with van der Waals surface area (Å²) < 4.78 is 0. The van der Waals surface area contributed by atoms with E-state index in [0.717, 1.165) is 0 Å². The van der Waals surface area contributed by atoms with E-state index in [0.29, 0.717) is 5.92 Å². The molecule has 190 valence electrons. The molecule has 0 fully saturated rings. The minimum atomic E-state index is 0.560. The van der Waals surface area contributed by atoms with Gasteiger partial charge < -0.3 is 0 Å². The second kappa shape index (κ2) is 18.6. The molecule has 1 atom stereocenters. The molecule has 5 aromatic carbocycles. The third-order valence-electron chi connectivity index (χ3n) is 6.22. The van der Waals surface area contributed by atoms with Crippen molar-refractivity contribution in [2.45, 2.75) is 27.7 Å². The van der Waals surface area contributed by atoms with Crippen LogP contribution in [0.1, 0.15) is 27.7 Å². The summed E-state index contributed by atoms with van der Waals surface area (Å²) in [4.78, 5) is 0. The number of hydrogen-bond donors (Lipinski definition) is 0. The third kappa shape index (κ3) is 10.6. The molecule has 0 aliphatic heterocycles. The Kier molecular flexibility index (Phi) is 15.5. The molecule has 5 aromatic rings. The Balaban J connectivity index is 0.000000189. The van der Waals surface area contributed by atoms with Crippen molar-refractivity contribution < 1.29 is 21.6 Å². The summed E-state index contributed by atoms with van der Waals surface area (Å²) in [7, 11) is 0. The maximum absolute atomic E-state index is 3.36. The number of fused-ring (bicyclic) bond motifs is 1. The van der Waals surface area contributed by atoms with Crippen LogP contribution in [-0.4, -0.2) is 12.1 Å². The summed E-state index contributed by atoms with van der Waals surface area (Å²) in [5.41, 5.74) is 6.86. The van der Waals surface area contributed by atoms with Crippen LogP contribution in [-0.2, 0) is 21.6 Å². The number of benzene rings is 4. The minimum Gasteiger partial charge on any atom is -0.184 e. The Morgan fingerprint density at radius 2 is 1.18 bits per heavy atom. The quantitative estimate of drug-likeness (QED) is 0.128. The molecule has 0 heterocycles. The number of hydrogen-bond acceptors (Lipinski definition) is 0. The molecule has 6 rings (SSSR count). The van der Waals surface area contributed by atoms with Crippen molar-refractivity contribution in [3.05, 3.63) is 162 Å². The van der Waals surface area contributed by atoms with Crippen LogP contribution in [0, 0.1) is 24.1 Å². The smallest absolute Gasteiger partial charge is 0.0623 e. The van der Waals surface area contributed by atoms with Gasteiger partial charge in [0.05, 0.1) is 0 Å². The Hall–Kier alpha value is -2.60. The van der Waals surface area contributed by atoms with Gasteiger partial charge in [-0.05, 0) is 0 Å². The zero-order valence-corrected chi connectivity index (χ0v) is 27.3. The van der Waals surface area contributed by atoms with E-state index in [9.17, 15) is 0 Å². The Morgan fingerprint density at radius 3 is 1.58 bits per heavy atom. The molecule has 0 amide bonds. The SMILES string of the molecule is CC1=[C-]C(C)C(C)=C1C.[Ge]=[Zr].[c-]1ccccc1.[c-]1ccccc1.c1ccc(-c2c[cH-]c3ccccc23)cc1. The number of rotatable bonds is 1. The predicted octanol–water partition coefficient (Wildman–Crippen LogP) is 9.54. The zero-order chi connectivity index (χ0) is 27.6. The van der Waals surface area contributed by atoms with Gasteiger partial charge in [-0.15, -0.1) is 53.6 Å². The molecule has 0 saturated carbocycles. The van der Waals surface area contributed by atoms with Gasteiger partial charge in [0, 0.05) is 0 Å². The van der Waals surface area contributed by atoms with Gasteiger partial charge in [-0.2, -0.15) is 83.9 Å². The number of allylic oxidation sites excluding steroid dienone is 4. The zero-order valence-electron chi connectivity index (χ0n) is 22.7. The van der Waals surface area contributed by atoms with Gasteiger partial charge >= 0.3 is 33.7 Å². The molecule has 0 aromatic heterocycles. The third-order valence-corrected chi connectivity index (χ3v) is 6.22. The van der Waals surface area contributed by atoms with Crippen molar-refractivity contribution in [2.75, 3.05) is 0 Å². The second-order valence-electron chi connectivity index (χ2n) is 8.65. The van der Waals surface area contributed by atoms with Crippen LogP contribution in [0.4, 0.5) is 0 Å². The van der Waals surface area contributed by atoms with Crippen LogP contribution >= 0.6 is 0 Å². The normalized spacial score (nSPS) is 13.2. The van der Waals surface area contributed by atoms with Crippen LogP contribution in [0.5, 0.6) is 0 Å². The van der Waals surface area contributed by atoms with Crippen molar-refractivity contribution in [1.29, 1.82) is 0 Å². The van der Waals surface area contributed by atoms with Crippen molar-refractivity contribution in [1.82, 2.24) is 0 Å². The predicted molar refractivity (Wildman–Crippen MR) is 161 cm³/mol. The molecular formula is C36H34GeZr-4. The molecule has 0 saturated heterocycles. The van der Waals surface area contributed by atoms with Crippen LogP contribution in [0.2, 0.25) is 0 Å². The monoisotopic (exact) mass is 630 g/mol. The molecule has 0 bridgehead atoms. The van der Waals surface area contributed by atoms with Crippen molar-refractivity contribution in [2.24, 2.45) is 5.92 Å². The second-order valence-corrected chi connectivity index (χ2v) is 8.65. The molecule has 2 heteroatoms. The average molecular weight is 631 g/mol. The van der Waals surface area contributed by atoms with Gasteiger partial charge in [-0.1, -0.05) is 68.7 Å². The Labute approximate surface area is 249 Å². The van der Waals surface area contributed by atoms with E-state index < -0.39 is 0 Å². The van der Waals surface area contributed by atoms with E-state index in [1.165, 1.54) is 38.6 Å². The summed E-state index contributed by atoms with van der Waals surface area (Å²) in [6.07, 6.45) is 3.36. The van der Waals surface area contributed by atoms with Crippen molar-refractivity contribution >= 4 is 22.9 Å². The molecule has 1 aliphatic rings. The van der Waals surface area contributed by atoms with Crippen molar-refractivity contribution in [3.8, 4) is 11.1 Å². The molecule has 38 heavy (non-hydrogen) atoms. The van der Waals surface area contributed by atoms with Gasteiger partial charge in [0.2, 0.25) is 0 Å². The van der Waals surface area contributed by atoms with Crippen LogP contribution in [0.25, 0.3) is 21.9 Å². The fourth-order valence-electron chi connectivity index (χ4n) is 3.87. The topological polar surface area (TPSA) is 0 Å². The van der Waals surface area contributed by atoms with E-state index in [1.54, 1.807) is 21.6 Å². The molecule has 0 nitrogen and oxygen atoms in total. The van der Waals surface area contributed by atoms with Gasteiger partial charge in [-0.3, -0.25) is 6.08 Å². The fourth-order valence-corrected chi connectivity index (χ4v) is 3.87. The van der Waals surface area contributed by atoms with Crippen LogP contribution in [0.15, 0.2) is 144 Å². The van der Waals surface area contributed by atoms with Crippen LogP contribution < -0.4 is 0 Å². The Morgan fingerprint density at radius 1 is 0.684 bits per heavy atom. The van der Waals surface area contributed by atoms with E-state index in [-0.39, 0.29) is 0 Å². The van der Waals surface area contributed by atoms with E-state index in [1.807, 2.05) is 60.7 Å². The summed E-state index contributed by atoms with van der Waals surface area (Å²) in [6.45, 7) is 8.67. The summed E-state index contributed by atoms with van der Waals surface area (Å²) in [6, 6.07) is 48.4. The fraction of sp³-hybridized carbons (Fsp3) is 0.139. The average Bonchev–Trinajstić information content (AvgIpc) is 3.53. The molecule has 2 radical (unpaired) electrons. The van der Waals surface area contributed by atoms with Gasteiger partial charge in [0.1, 0.15) is 0 Å². The molecule has 0 N–H and O–H groups in total. The first kappa shape index (κ1) is 31.6. The minimum absolute atomic E-state index is 0.560. The first-order valence-corrected chi connectivity index (χ1v) is 20.1. The molecule has 1 unspecified atom stereocenters.